The van der Waals surface area contributed by atoms with E-state index in [1.54, 1.807) is 0 Å². The van der Waals surface area contributed by atoms with Crippen LogP contribution >= 0.6 is 0 Å². The summed E-state index contributed by atoms with van der Waals surface area (Å²) in [5.41, 5.74) is 5.87. The summed E-state index contributed by atoms with van der Waals surface area (Å²) in [6.45, 7) is 10.6. The fraction of sp³-hybridized carbons (Fsp3) is 0.727. The smallest absolute Gasteiger partial charge is 0.157 e. The van der Waals surface area contributed by atoms with Gasteiger partial charge in [-0.3, -0.25) is 0 Å². The Hall–Kier alpha value is -0.860. The molecule has 2 heteroatoms. The number of hydrogen-bond donors (Lipinski definition) is 0. The van der Waals surface area contributed by atoms with Gasteiger partial charge in [0.2, 0.25) is 0 Å². The molecule has 0 aromatic heterocycles. The number of hydrogen-bond acceptors (Lipinski definition) is 2. The summed E-state index contributed by atoms with van der Waals surface area (Å²) in [6.07, 6.45) is 7.82. The fourth-order valence-corrected chi connectivity index (χ4v) is 4.30. The van der Waals surface area contributed by atoms with Gasteiger partial charge in [0.15, 0.2) is 6.29 Å². The molecule has 0 unspecified atom stereocenters. The van der Waals surface area contributed by atoms with Crippen LogP contribution in [-0.2, 0) is 15.9 Å². The molecule has 3 rings (SSSR count). The lowest BCUT2D eigenvalue weighted by atomic mass is 9.77. The summed E-state index contributed by atoms with van der Waals surface area (Å²) >= 11 is 0. The van der Waals surface area contributed by atoms with Crippen LogP contribution in [-0.4, -0.2) is 19.5 Å². The van der Waals surface area contributed by atoms with Crippen molar-refractivity contribution in [1.29, 1.82) is 0 Å². The van der Waals surface area contributed by atoms with Crippen molar-refractivity contribution in [3.63, 3.8) is 0 Å². The summed E-state index contributed by atoms with van der Waals surface area (Å²) < 4.78 is 11.7. The van der Waals surface area contributed by atoms with Gasteiger partial charge < -0.3 is 9.47 Å². The molecular formula is C22H34O2. The highest BCUT2D eigenvalue weighted by molar-refractivity contribution is 5.37. The Morgan fingerprint density at radius 2 is 1.42 bits per heavy atom. The second kappa shape index (κ2) is 8.01. The maximum atomic E-state index is 5.83. The first-order chi connectivity index (χ1) is 11.5. The van der Waals surface area contributed by atoms with Crippen LogP contribution in [0.2, 0.25) is 0 Å². The summed E-state index contributed by atoms with van der Waals surface area (Å²) in [4.78, 5) is 0. The van der Waals surface area contributed by atoms with Gasteiger partial charge in [-0.25, -0.2) is 0 Å². The first kappa shape index (κ1) is 17.9. The summed E-state index contributed by atoms with van der Waals surface area (Å²) in [7, 11) is 0. The monoisotopic (exact) mass is 330 g/mol. The van der Waals surface area contributed by atoms with Crippen LogP contribution in [0, 0.1) is 38.5 Å². The van der Waals surface area contributed by atoms with E-state index < -0.39 is 0 Å². The molecule has 24 heavy (non-hydrogen) atoms. The van der Waals surface area contributed by atoms with Gasteiger partial charge in [0.25, 0.3) is 0 Å². The molecule has 2 aliphatic rings. The van der Waals surface area contributed by atoms with Crippen LogP contribution in [0.3, 0.4) is 0 Å². The van der Waals surface area contributed by atoms with Crippen molar-refractivity contribution >= 4 is 0 Å². The van der Waals surface area contributed by atoms with Crippen LogP contribution in [0.1, 0.15) is 61.3 Å². The zero-order chi connectivity index (χ0) is 17.1. The van der Waals surface area contributed by atoms with Gasteiger partial charge in [-0.05, 0) is 87.0 Å². The SMILES string of the molecule is Cc1cc(CC2CCC(CC3OCC(C)CO3)CC2)cc(C)c1C. The van der Waals surface area contributed by atoms with E-state index in [0.29, 0.717) is 5.92 Å². The number of benzene rings is 1. The molecule has 1 aromatic carbocycles. The van der Waals surface area contributed by atoms with Gasteiger partial charge in [-0.15, -0.1) is 0 Å². The van der Waals surface area contributed by atoms with Crippen LogP contribution < -0.4 is 0 Å². The molecule has 1 aromatic rings. The van der Waals surface area contributed by atoms with Crippen LogP contribution in [0.15, 0.2) is 12.1 Å². The Kier molecular flexibility index (Phi) is 5.99. The van der Waals surface area contributed by atoms with Crippen LogP contribution in [0.4, 0.5) is 0 Å². The van der Waals surface area contributed by atoms with E-state index >= 15 is 0 Å². The predicted octanol–water partition coefficient (Wildman–Crippen LogP) is 5.36. The second-order valence-electron chi connectivity index (χ2n) is 8.38. The Bertz CT molecular complexity index is 512. The highest BCUT2D eigenvalue weighted by Crippen LogP contribution is 2.35. The summed E-state index contributed by atoms with van der Waals surface area (Å²) in [5, 5.41) is 0. The van der Waals surface area contributed by atoms with Crippen LogP contribution in [0.25, 0.3) is 0 Å². The Morgan fingerprint density at radius 3 is 2.00 bits per heavy atom. The Balaban J connectivity index is 1.45. The van der Waals surface area contributed by atoms with Crippen molar-refractivity contribution < 1.29 is 9.47 Å². The van der Waals surface area contributed by atoms with Crippen molar-refractivity contribution in [2.24, 2.45) is 17.8 Å². The first-order valence-electron chi connectivity index (χ1n) is 9.81. The highest BCUT2D eigenvalue weighted by Gasteiger charge is 2.27. The molecule has 0 spiro atoms. The third-order valence-electron chi connectivity index (χ3n) is 6.14. The zero-order valence-corrected chi connectivity index (χ0v) is 15.9. The average Bonchev–Trinajstić information content (AvgIpc) is 2.56. The number of rotatable bonds is 4. The molecule has 0 amide bonds. The lowest BCUT2D eigenvalue weighted by Crippen LogP contribution is -2.33. The molecule has 2 nitrogen and oxygen atoms in total. The molecule has 1 saturated carbocycles. The van der Waals surface area contributed by atoms with E-state index in [4.69, 9.17) is 9.47 Å². The van der Waals surface area contributed by atoms with E-state index in [2.05, 4.69) is 39.8 Å². The fourth-order valence-electron chi connectivity index (χ4n) is 4.30. The maximum absolute atomic E-state index is 5.83. The van der Waals surface area contributed by atoms with E-state index in [1.807, 2.05) is 0 Å². The van der Waals surface area contributed by atoms with Crippen molar-refractivity contribution in [3.8, 4) is 0 Å². The lowest BCUT2D eigenvalue weighted by molar-refractivity contribution is -0.206. The molecule has 1 heterocycles. The van der Waals surface area contributed by atoms with E-state index in [1.165, 1.54) is 54.4 Å². The van der Waals surface area contributed by atoms with Crippen molar-refractivity contribution in [2.75, 3.05) is 13.2 Å². The van der Waals surface area contributed by atoms with Crippen molar-refractivity contribution in [3.05, 3.63) is 34.4 Å². The molecule has 0 radical (unpaired) electrons. The molecule has 1 aliphatic carbocycles. The zero-order valence-electron chi connectivity index (χ0n) is 15.9. The minimum absolute atomic E-state index is 0.0603. The van der Waals surface area contributed by atoms with E-state index in [9.17, 15) is 0 Å². The molecule has 134 valence electrons. The topological polar surface area (TPSA) is 18.5 Å². The number of aryl methyl sites for hydroxylation is 2. The highest BCUT2D eigenvalue weighted by atomic mass is 16.7. The Labute approximate surface area is 147 Å². The minimum atomic E-state index is 0.0603. The molecule has 0 atom stereocenters. The second-order valence-corrected chi connectivity index (χ2v) is 8.38. The third kappa shape index (κ3) is 4.61. The van der Waals surface area contributed by atoms with E-state index in [0.717, 1.165) is 31.5 Å². The molecule has 0 bridgehead atoms. The third-order valence-corrected chi connectivity index (χ3v) is 6.14. The van der Waals surface area contributed by atoms with Crippen molar-refractivity contribution in [1.82, 2.24) is 0 Å². The van der Waals surface area contributed by atoms with E-state index in [-0.39, 0.29) is 6.29 Å². The largest absolute Gasteiger partial charge is 0.352 e. The Morgan fingerprint density at radius 1 is 0.875 bits per heavy atom. The lowest BCUT2D eigenvalue weighted by Gasteiger charge is -2.33. The molecule has 1 aliphatic heterocycles. The quantitative estimate of drug-likeness (QED) is 0.740. The maximum Gasteiger partial charge on any atom is 0.157 e. The van der Waals surface area contributed by atoms with Gasteiger partial charge in [-0.1, -0.05) is 19.1 Å². The standard InChI is InChI=1S/C22H34O2/c1-15-13-23-22(24-14-15)12-20-7-5-19(6-8-20)11-21-9-16(2)18(4)17(3)10-21/h9-10,15,19-20,22H,5-8,11-14H2,1-4H3. The van der Waals surface area contributed by atoms with Gasteiger partial charge in [0.05, 0.1) is 13.2 Å². The molecular weight excluding hydrogens is 296 g/mol. The van der Waals surface area contributed by atoms with Gasteiger partial charge >= 0.3 is 0 Å². The van der Waals surface area contributed by atoms with Crippen LogP contribution in [0.5, 0.6) is 0 Å². The predicted molar refractivity (Wildman–Crippen MR) is 99.3 cm³/mol. The normalized spacial score (nSPS) is 31.2. The minimum Gasteiger partial charge on any atom is -0.352 e. The van der Waals surface area contributed by atoms with Gasteiger partial charge in [0.1, 0.15) is 0 Å². The molecule has 2 fully saturated rings. The average molecular weight is 331 g/mol. The van der Waals surface area contributed by atoms with Gasteiger partial charge in [-0.2, -0.15) is 0 Å². The number of ether oxygens (including phenoxy) is 2. The van der Waals surface area contributed by atoms with Crippen molar-refractivity contribution in [2.45, 2.75) is 72.5 Å². The summed E-state index contributed by atoms with van der Waals surface area (Å²) in [5.74, 6) is 2.20. The first-order valence-corrected chi connectivity index (χ1v) is 9.81. The molecule has 1 saturated heterocycles. The molecule has 0 N–H and O–H groups in total. The summed E-state index contributed by atoms with van der Waals surface area (Å²) in [6, 6.07) is 4.80. The van der Waals surface area contributed by atoms with Gasteiger partial charge in [0, 0.05) is 12.3 Å².